The highest BCUT2D eigenvalue weighted by Crippen LogP contribution is 2.40. The zero-order valence-corrected chi connectivity index (χ0v) is 23.4. The molecule has 2 amide bonds. The maximum absolute atomic E-state index is 14.5. The number of ether oxygens (including phenoxy) is 3. The van der Waals surface area contributed by atoms with E-state index < -0.39 is 27.8 Å². The SMILES string of the molecule is COc1ccc2cc1OCCCNC(=O)c1cc(ccc1F)Oc1ccc3c(c1)CCN(C(=O)CNS(C)(=O)=O)C23. The van der Waals surface area contributed by atoms with Gasteiger partial charge in [0, 0.05) is 13.1 Å². The van der Waals surface area contributed by atoms with Gasteiger partial charge in [0.1, 0.15) is 17.3 Å². The third-order valence-corrected chi connectivity index (χ3v) is 7.60. The topological polar surface area (TPSA) is 123 Å². The van der Waals surface area contributed by atoms with E-state index in [9.17, 15) is 22.4 Å². The normalized spacial score (nSPS) is 17.0. The Morgan fingerprint density at radius 3 is 2.71 bits per heavy atom. The van der Waals surface area contributed by atoms with E-state index >= 15 is 0 Å². The van der Waals surface area contributed by atoms with Gasteiger partial charge in [-0.3, -0.25) is 9.59 Å². The molecule has 0 saturated carbocycles. The fraction of sp³-hybridized carbons (Fsp3) is 0.310. The Hall–Kier alpha value is -4.16. The van der Waals surface area contributed by atoms with Crippen LogP contribution in [-0.4, -0.2) is 64.7 Å². The first-order chi connectivity index (χ1) is 19.6. The summed E-state index contributed by atoms with van der Waals surface area (Å²) in [4.78, 5) is 27.6. The van der Waals surface area contributed by atoms with Crippen molar-refractivity contribution >= 4 is 21.8 Å². The van der Waals surface area contributed by atoms with Gasteiger partial charge in [-0.1, -0.05) is 12.1 Å². The minimum Gasteiger partial charge on any atom is -0.493 e. The van der Waals surface area contributed by atoms with Crippen LogP contribution in [0.2, 0.25) is 0 Å². The van der Waals surface area contributed by atoms with Crippen molar-refractivity contribution in [3.05, 3.63) is 82.7 Å². The first-order valence-corrected chi connectivity index (χ1v) is 15.0. The van der Waals surface area contributed by atoms with Crippen LogP contribution >= 0.6 is 0 Å². The molecular weight excluding hydrogens is 553 g/mol. The summed E-state index contributed by atoms with van der Waals surface area (Å²) in [6.07, 6.45) is 1.93. The van der Waals surface area contributed by atoms with Gasteiger partial charge in [-0.2, -0.15) is 0 Å². The minimum atomic E-state index is -3.57. The van der Waals surface area contributed by atoms with Gasteiger partial charge in [-0.05, 0) is 72.0 Å². The molecule has 0 spiro atoms. The van der Waals surface area contributed by atoms with Crippen LogP contribution in [0, 0.1) is 5.82 Å². The zero-order valence-electron chi connectivity index (χ0n) is 22.6. The summed E-state index contributed by atoms with van der Waals surface area (Å²) in [7, 11) is -2.05. The number of carbonyl (C=O) groups excluding carboxylic acids is 2. The Morgan fingerprint density at radius 2 is 1.93 bits per heavy atom. The molecule has 3 aliphatic heterocycles. The fourth-order valence-corrected chi connectivity index (χ4v) is 5.38. The van der Waals surface area contributed by atoms with Gasteiger partial charge in [-0.15, -0.1) is 0 Å². The fourth-order valence-electron chi connectivity index (χ4n) is 4.99. The van der Waals surface area contributed by atoms with Crippen LogP contribution < -0.4 is 24.2 Å². The maximum Gasteiger partial charge on any atom is 0.254 e. The smallest absolute Gasteiger partial charge is 0.254 e. The lowest BCUT2D eigenvalue weighted by atomic mass is 9.87. The van der Waals surface area contributed by atoms with E-state index in [1.165, 1.54) is 25.3 Å². The van der Waals surface area contributed by atoms with Gasteiger partial charge in [0.25, 0.3) is 5.91 Å². The van der Waals surface area contributed by atoms with E-state index in [2.05, 4.69) is 10.0 Å². The number of methoxy groups -OCH3 is 1. The first kappa shape index (κ1) is 28.4. The zero-order chi connectivity index (χ0) is 29.1. The quantitative estimate of drug-likeness (QED) is 0.484. The van der Waals surface area contributed by atoms with Gasteiger partial charge in [-0.25, -0.2) is 17.5 Å². The molecule has 3 aromatic rings. The van der Waals surface area contributed by atoms with E-state index in [1.807, 2.05) is 18.2 Å². The predicted octanol–water partition coefficient (Wildman–Crippen LogP) is 3.16. The van der Waals surface area contributed by atoms with Gasteiger partial charge < -0.3 is 24.4 Å². The number of sulfonamides is 1. The molecule has 0 aliphatic carbocycles. The van der Waals surface area contributed by atoms with Gasteiger partial charge in [0.15, 0.2) is 11.5 Å². The summed E-state index contributed by atoms with van der Waals surface area (Å²) >= 11 is 0. The number of benzene rings is 3. The summed E-state index contributed by atoms with van der Waals surface area (Å²) in [5.41, 5.74) is 2.38. The third kappa shape index (κ3) is 6.44. The molecule has 216 valence electrons. The third-order valence-electron chi connectivity index (χ3n) is 6.93. The molecular formula is C29H30FN3O7S. The number of nitrogens with one attached hydrogen (secondary N) is 2. The molecule has 41 heavy (non-hydrogen) atoms. The molecule has 0 radical (unpaired) electrons. The molecule has 10 nitrogen and oxygen atoms in total. The molecule has 0 aromatic heterocycles. The lowest BCUT2D eigenvalue weighted by molar-refractivity contribution is -0.132. The number of amides is 2. The van der Waals surface area contributed by atoms with Crippen LogP contribution in [0.4, 0.5) is 4.39 Å². The number of carbonyl (C=O) groups is 2. The van der Waals surface area contributed by atoms with Crippen LogP contribution in [-0.2, 0) is 21.2 Å². The highest BCUT2D eigenvalue weighted by molar-refractivity contribution is 7.88. The molecule has 6 rings (SSSR count). The Morgan fingerprint density at radius 1 is 1.15 bits per heavy atom. The van der Waals surface area contributed by atoms with Crippen molar-refractivity contribution in [2.24, 2.45) is 0 Å². The second-order valence-electron chi connectivity index (χ2n) is 9.81. The average Bonchev–Trinajstić information content (AvgIpc) is 2.95. The second kappa shape index (κ2) is 11.8. The molecule has 3 aromatic carbocycles. The Bertz CT molecular complexity index is 1600. The lowest BCUT2D eigenvalue weighted by Gasteiger charge is -2.38. The van der Waals surface area contributed by atoms with Crippen LogP contribution in [0.15, 0.2) is 54.6 Å². The highest BCUT2D eigenvalue weighted by Gasteiger charge is 2.33. The summed E-state index contributed by atoms with van der Waals surface area (Å²) in [5, 5.41) is 2.70. The average molecular weight is 584 g/mol. The summed E-state index contributed by atoms with van der Waals surface area (Å²) in [5.74, 6) is 0.131. The van der Waals surface area contributed by atoms with Gasteiger partial charge in [0.05, 0.1) is 38.1 Å². The maximum atomic E-state index is 14.5. The Balaban J connectivity index is 1.59. The van der Waals surface area contributed by atoms with Crippen molar-refractivity contribution in [2.75, 3.05) is 39.6 Å². The second-order valence-corrected chi connectivity index (χ2v) is 11.6. The van der Waals surface area contributed by atoms with Crippen molar-refractivity contribution in [1.82, 2.24) is 14.9 Å². The standard InChI is InChI=1S/C29H30FN3O7S/c1-38-25-9-4-19-15-26(25)39-13-3-11-31-29(35)23-16-21(6-8-24(23)30)40-20-5-7-22-18(14-20)10-12-33(28(19)22)27(34)17-32-41(2,36)37/h4-9,14-16,28,32H,3,10-13,17H2,1-2H3,(H,31,35). The van der Waals surface area contributed by atoms with E-state index in [-0.39, 0.29) is 31.2 Å². The largest absolute Gasteiger partial charge is 0.493 e. The van der Waals surface area contributed by atoms with Crippen molar-refractivity contribution < 1.29 is 36.6 Å². The molecule has 0 fully saturated rings. The number of fused-ring (bicyclic) bond motifs is 6. The van der Waals surface area contributed by atoms with Crippen molar-refractivity contribution in [2.45, 2.75) is 18.9 Å². The van der Waals surface area contributed by atoms with E-state index in [0.29, 0.717) is 42.4 Å². The number of nitrogens with zero attached hydrogens (tertiary/aromatic N) is 1. The number of hydrogen-bond donors (Lipinski definition) is 2. The molecule has 2 N–H and O–H groups in total. The van der Waals surface area contributed by atoms with E-state index in [1.54, 1.807) is 23.1 Å². The van der Waals surface area contributed by atoms with E-state index in [0.717, 1.165) is 22.9 Å². The minimum absolute atomic E-state index is 0.131. The lowest BCUT2D eigenvalue weighted by Crippen LogP contribution is -2.45. The van der Waals surface area contributed by atoms with Crippen LogP contribution in [0.1, 0.15) is 39.5 Å². The molecule has 0 saturated heterocycles. The molecule has 12 heteroatoms. The Kier molecular flexibility index (Phi) is 8.13. The first-order valence-electron chi connectivity index (χ1n) is 13.1. The van der Waals surface area contributed by atoms with E-state index in [4.69, 9.17) is 14.2 Å². The molecule has 1 unspecified atom stereocenters. The number of rotatable bonds is 4. The molecule has 1 atom stereocenters. The van der Waals surface area contributed by atoms with Gasteiger partial charge >= 0.3 is 0 Å². The van der Waals surface area contributed by atoms with Crippen molar-refractivity contribution in [3.8, 4) is 23.0 Å². The van der Waals surface area contributed by atoms with Gasteiger partial charge in [0.2, 0.25) is 15.9 Å². The molecule has 3 heterocycles. The predicted molar refractivity (Wildman–Crippen MR) is 148 cm³/mol. The molecule has 8 bridgehead atoms. The van der Waals surface area contributed by atoms with Crippen LogP contribution in [0.5, 0.6) is 23.0 Å². The van der Waals surface area contributed by atoms with Crippen LogP contribution in [0.25, 0.3) is 0 Å². The number of halogens is 1. The van der Waals surface area contributed by atoms with Crippen molar-refractivity contribution in [3.63, 3.8) is 0 Å². The highest BCUT2D eigenvalue weighted by atomic mass is 32.2. The van der Waals surface area contributed by atoms with Crippen molar-refractivity contribution in [1.29, 1.82) is 0 Å². The van der Waals surface area contributed by atoms with Crippen LogP contribution in [0.3, 0.4) is 0 Å². The number of hydrogen-bond acceptors (Lipinski definition) is 7. The summed E-state index contributed by atoms with van der Waals surface area (Å²) in [6, 6.07) is 14.3. The summed E-state index contributed by atoms with van der Waals surface area (Å²) in [6.45, 7) is 0.434. The summed E-state index contributed by atoms with van der Waals surface area (Å²) < 4.78 is 57.6. The monoisotopic (exact) mass is 583 g/mol. The Labute approximate surface area is 237 Å². The molecule has 3 aliphatic rings.